The van der Waals surface area contributed by atoms with E-state index in [0.717, 1.165) is 37.1 Å². The number of thiazole rings is 1. The zero-order valence-electron chi connectivity index (χ0n) is 30.6. The molecule has 0 saturated carbocycles. The molecule has 0 radical (unpaired) electrons. The Hall–Kier alpha value is -3.91. The lowest BCUT2D eigenvalue weighted by Gasteiger charge is -2.38. The number of carboxylic acid groups (broad SMARTS) is 1. The zero-order chi connectivity index (χ0) is 37.6. The summed E-state index contributed by atoms with van der Waals surface area (Å²) in [5.41, 5.74) is 1.15. The smallest absolute Gasteiger partial charge is 0.311 e. The van der Waals surface area contributed by atoms with E-state index < -0.39 is 53.8 Å². The number of likely N-dealkylation sites (N-methyl/N-ethyl adjacent to an activating group) is 2. The lowest BCUT2D eigenvalue weighted by Crippen LogP contribution is -2.58. The summed E-state index contributed by atoms with van der Waals surface area (Å²) in [4.78, 5) is 73.4. The van der Waals surface area contributed by atoms with Crippen molar-refractivity contribution in [2.24, 2.45) is 11.8 Å². The van der Waals surface area contributed by atoms with Gasteiger partial charge in [-0.15, -0.1) is 11.3 Å². The van der Waals surface area contributed by atoms with Crippen molar-refractivity contribution in [2.45, 2.75) is 116 Å². The van der Waals surface area contributed by atoms with Crippen molar-refractivity contribution in [2.75, 3.05) is 20.6 Å². The minimum atomic E-state index is -1.10. The molecule has 1 saturated heterocycles. The highest BCUT2D eigenvalue weighted by Crippen LogP contribution is 2.34. The molecule has 0 spiro atoms. The second-order valence-electron chi connectivity index (χ2n) is 14.4. The molecule has 14 heteroatoms. The SMILES string of the molecule is CC[C@H](C)C(NC(=O)C1CCCCN1C)C(=O)N(C)[C@H](CC(OC(C)=O)c1nc(C(=O)N[C@H]2Cc3ccc(F)cc3[C@H](C(=O)O)C2)cs1)C(C)C. The number of esters is 1. The van der Waals surface area contributed by atoms with Gasteiger partial charge < -0.3 is 25.4 Å². The first-order valence-corrected chi connectivity index (χ1v) is 18.7. The Morgan fingerprint density at radius 1 is 1.18 bits per heavy atom. The van der Waals surface area contributed by atoms with Crippen LogP contribution in [0.4, 0.5) is 4.39 Å². The van der Waals surface area contributed by atoms with E-state index in [1.165, 1.54) is 19.1 Å². The number of benzene rings is 1. The first-order valence-electron chi connectivity index (χ1n) is 17.8. The molecule has 1 aromatic heterocycles. The van der Waals surface area contributed by atoms with Gasteiger partial charge in [-0.05, 0) is 74.4 Å². The fourth-order valence-electron chi connectivity index (χ4n) is 7.20. The second-order valence-corrected chi connectivity index (χ2v) is 15.3. The Morgan fingerprint density at radius 3 is 2.53 bits per heavy atom. The fourth-order valence-corrected chi connectivity index (χ4v) is 8.04. The molecule has 3 N–H and O–H groups in total. The molecular weight excluding hydrogens is 678 g/mol. The molecule has 1 aliphatic heterocycles. The van der Waals surface area contributed by atoms with Crippen LogP contribution >= 0.6 is 11.3 Å². The van der Waals surface area contributed by atoms with Gasteiger partial charge in [-0.1, -0.05) is 46.6 Å². The number of aliphatic carboxylic acids is 1. The predicted octanol–water partition coefficient (Wildman–Crippen LogP) is 4.69. The number of carbonyl (C=O) groups excluding carboxylic acids is 4. The molecule has 7 atom stereocenters. The molecule has 3 amide bonds. The number of halogens is 1. The standard InChI is InChI=1S/C37H52FN5O7S/c1-8-21(4)32(41-34(46)29-11-9-10-14-42(29)6)36(47)43(7)30(20(2)3)18-31(50-22(5)44)35-40-28(19-51-35)33(45)39-25-15-23-12-13-24(38)16-26(23)27(17-25)37(48)49/h12-13,16,19-21,25,27,29-32H,8-11,14-15,17-18H2,1-7H3,(H,39,45)(H,41,46)(H,48,49)/t21-,25-,27+,29?,30+,31?,32?/m0/s1. The first kappa shape index (κ1) is 39.9. The molecule has 280 valence electrons. The molecule has 2 heterocycles. The van der Waals surface area contributed by atoms with Crippen molar-refractivity contribution in [1.29, 1.82) is 0 Å². The highest BCUT2D eigenvalue weighted by molar-refractivity contribution is 7.09. The average Bonchev–Trinajstić information content (AvgIpc) is 3.58. The lowest BCUT2D eigenvalue weighted by molar-refractivity contribution is -0.149. The van der Waals surface area contributed by atoms with E-state index in [2.05, 4.69) is 15.6 Å². The van der Waals surface area contributed by atoms with Crippen molar-refractivity contribution < 1.29 is 38.2 Å². The van der Waals surface area contributed by atoms with Gasteiger partial charge in [0, 0.05) is 37.9 Å². The molecule has 1 fully saturated rings. The Bertz CT molecular complexity index is 1580. The number of nitrogens with zero attached hydrogens (tertiary/aromatic N) is 3. The molecule has 12 nitrogen and oxygen atoms in total. The minimum absolute atomic E-state index is 0.0673. The van der Waals surface area contributed by atoms with Crippen LogP contribution in [0, 0.1) is 17.7 Å². The van der Waals surface area contributed by atoms with Crippen molar-refractivity contribution >= 4 is 41.0 Å². The number of likely N-dealkylation sites (tertiary alicyclic amines) is 1. The van der Waals surface area contributed by atoms with Crippen molar-refractivity contribution in [1.82, 2.24) is 25.4 Å². The average molecular weight is 730 g/mol. The van der Waals surface area contributed by atoms with E-state index >= 15 is 0 Å². The number of ether oxygens (including phenoxy) is 1. The molecular formula is C37H52FN5O7S. The molecule has 1 aliphatic carbocycles. The Balaban J connectivity index is 1.50. The number of carboxylic acids is 1. The monoisotopic (exact) mass is 729 g/mol. The third-order valence-corrected chi connectivity index (χ3v) is 11.3. The zero-order valence-corrected chi connectivity index (χ0v) is 31.4. The van der Waals surface area contributed by atoms with Crippen LogP contribution in [-0.2, 0) is 30.3 Å². The number of hydrogen-bond acceptors (Lipinski definition) is 9. The normalized spacial score (nSPS) is 21.5. The van der Waals surface area contributed by atoms with Crippen LogP contribution in [0.5, 0.6) is 0 Å². The topological polar surface area (TPSA) is 158 Å². The van der Waals surface area contributed by atoms with Gasteiger partial charge >= 0.3 is 11.9 Å². The highest BCUT2D eigenvalue weighted by atomic mass is 32.1. The summed E-state index contributed by atoms with van der Waals surface area (Å²) in [6, 6.07) is 2.10. The molecule has 2 aromatic rings. The summed E-state index contributed by atoms with van der Waals surface area (Å²) in [6.07, 6.45) is 3.19. The number of amides is 3. The Labute approximate surface area is 303 Å². The van der Waals surface area contributed by atoms with E-state index in [0.29, 0.717) is 29.0 Å². The van der Waals surface area contributed by atoms with Crippen molar-refractivity contribution in [3.05, 3.63) is 51.2 Å². The summed E-state index contributed by atoms with van der Waals surface area (Å²) in [5, 5.41) is 17.7. The van der Waals surface area contributed by atoms with Gasteiger partial charge in [-0.25, -0.2) is 9.37 Å². The molecule has 4 rings (SSSR count). The maximum absolute atomic E-state index is 14.1. The van der Waals surface area contributed by atoms with Gasteiger partial charge in [0.15, 0.2) is 6.10 Å². The van der Waals surface area contributed by atoms with Crippen LogP contribution in [0.15, 0.2) is 23.6 Å². The van der Waals surface area contributed by atoms with Crippen LogP contribution in [0.25, 0.3) is 0 Å². The van der Waals surface area contributed by atoms with Crippen molar-refractivity contribution in [3.63, 3.8) is 0 Å². The van der Waals surface area contributed by atoms with Crippen LogP contribution < -0.4 is 10.6 Å². The summed E-state index contributed by atoms with van der Waals surface area (Å²) < 4.78 is 19.6. The van der Waals surface area contributed by atoms with Crippen LogP contribution in [0.2, 0.25) is 0 Å². The van der Waals surface area contributed by atoms with Gasteiger partial charge in [-0.3, -0.25) is 28.9 Å². The summed E-state index contributed by atoms with van der Waals surface area (Å²) in [5.74, 6) is -4.21. The van der Waals surface area contributed by atoms with E-state index in [9.17, 15) is 33.5 Å². The first-order chi connectivity index (χ1) is 24.1. The van der Waals surface area contributed by atoms with Gasteiger partial charge in [0.1, 0.15) is 22.6 Å². The number of piperidine rings is 1. The predicted molar refractivity (Wildman–Crippen MR) is 191 cm³/mol. The molecule has 3 unspecified atom stereocenters. The fraction of sp³-hybridized carbons (Fsp3) is 0.622. The number of fused-ring (bicyclic) bond motifs is 1. The number of aromatic nitrogens is 1. The quantitative estimate of drug-likeness (QED) is 0.235. The van der Waals surface area contributed by atoms with E-state index in [-0.39, 0.29) is 48.2 Å². The summed E-state index contributed by atoms with van der Waals surface area (Å²) >= 11 is 1.15. The molecule has 51 heavy (non-hydrogen) atoms. The van der Waals surface area contributed by atoms with Crippen LogP contribution in [0.1, 0.15) is 112 Å². The Kier molecular flexibility index (Phi) is 13.7. The number of carbonyl (C=O) groups is 5. The van der Waals surface area contributed by atoms with Gasteiger partial charge in [-0.2, -0.15) is 0 Å². The summed E-state index contributed by atoms with van der Waals surface area (Å²) in [7, 11) is 3.63. The summed E-state index contributed by atoms with van der Waals surface area (Å²) in [6.45, 7) is 9.98. The van der Waals surface area contributed by atoms with E-state index in [1.807, 2.05) is 39.6 Å². The van der Waals surface area contributed by atoms with Crippen LogP contribution in [-0.4, -0.2) is 94.4 Å². The molecule has 0 bridgehead atoms. The lowest BCUT2D eigenvalue weighted by atomic mass is 9.80. The van der Waals surface area contributed by atoms with E-state index in [4.69, 9.17) is 4.74 Å². The molecule has 1 aromatic carbocycles. The van der Waals surface area contributed by atoms with Gasteiger partial charge in [0.05, 0.1) is 12.0 Å². The largest absolute Gasteiger partial charge is 0.481 e. The minimum Gasteiger partial charge on any atom is -0.481 e. The maximum atomic E-state index is 14.1. The number of rotatable bonds is 14. The Morgan fingerprint density at radius 2 is 1.90 bits per heavy atom. The number of nitrogens with one attached hydrogen (secondary N) is 2. The van der Waals surface area contributed by atoms with Gasteiger partial charge in [0.2, 0.25) is 11.8 Å². The van der Waals surface area contributed by atoms with Crippen LogP contribution in [0.3, 0.4) is 0 Å². The highest BCUT2D eigenvalue weighted by Gasteiger charge is 2.38. The van der Waals surface area contributed by atoms with Crippen molar-refractivity contribution in [3.8, 4) is 0 Å². The number of hydrogen-bond donors (Lipinski definition) is 3. The third-order valence-electron chi connectivity index (χ3n) is 10.4. The molecule has 2 aliphatic rings. The third kappa shape index (κ3) is 9.91. The maximum Gasteiger partial charge on any atom is 0.311 e. The second kappa shape index (κ2) is 17.5. The van der Waals surface area contributed by atoms with Gasteiger partial charge in [0.25, 0.3) is 5.91 Å². The van der Waals surface area contributed by atoms with E-state index in [1.54, 1.807) is 23.4 Å².